The minimum Gasteiger partial charge on any atom is -0.356 e. The molecule has 2 N–H and O–H groups in total. The van der Waals surface area contributed by atoms with Gasteiger partial charge in [-0.25, -0.2) is 4.68 Å². The van der Waals surface area contributed by atoms with Gasteiger partial charge < -0.3 is 15.2 Å². The molecule has 4 rings (SSSR count). The Kier molecular flexibility index (Phi) is 7.48. The second-order valence-corrected chi connectivity index (χ2v) is 7.69. The van der Waals surface area contributed by atoms with Gasteiger partial charge in [0.2, 0.25) is 0 Å². The lowest BCUT2D eigenvalue weighted by atomic mass is 10.1. The van der Waals surface area contributed by atoms with Gasteiger partial charge in [0.25, 0.3) is 5.89 Å². The summed E-state index contributed by atoms with van der Waals surface area (Å²) in [6.07, 6.45) is 6.43. The second-order valence-electron chi connectivity index (χ2n) is 7.69. The molecule has 0 aliphatic rings. The summed E-state index contributed by atoms with van der Waals surface area (Å²) in [6, 6.07) is 18.4. The summed E-state index contributed by atoms with van der Waals surface area (Å²) >= 11 is 0. The molecule has 0 radical (unpaired) electrons. The summed E-state index contributed by atoms with van der Waals surface area (Å²) < 4.78 is 7.26. The average Bonchev–Trinajstić information content (AvgIpc) is 3.55. The van der Waals surface area contributed by atoms with E-state index in [1.807, 2.05) is 29.1 Å². The van der Waals surface area contributed by atoms with E-state index in [0.717, 1.165) is 54.4 Å². The van der Waals surface area contributed by atoms with Crippen molar-refractivity contribution in [2.24, 2.45) is 4.99 Å². The van der Waals surface area contributed by atoms with E-state index in [1.54, 1.807) is 13.2 Å². The van der Waals surface area contributed by atoms with Crippen LogP contribution in [-0.4, -0.2) is 39.5 Å². The molecule has 0 aliphatic carbocycles. The number of aliphatic imine (C=N–C) groups is 1. The third-order valence-corrected chi connectivity index (χ3v) is 5.21. The minimum absolute atomic E-state index is 0.557. The standard InChI is InChI=1S/C25H29N7O/c1-3-6-23-30-24(33-31-23)21-8-4-7-20(17-21)18-28-25(26-2)27-15-13-19-9-11-22(12-10-19)32-16-5-14-29-32/h4-5,7-12,14,16-17H,3,6,13,15,18H2,1-2H3,(H2,26,27,28). The maximum Gasteiger partial charge on any atom is 0.257 e. The molecule has 2 aromatic heterocycles. The van der Waals surface area contributed by atoms with Crippen molar-refractivity contribution in [1.29, 1.82) is 0 Å². The van der Waals surface area contributed by atoms with Crippen LogP contribution in [0, 0.1) is 0 Å². The van der Waals surface area contributed by atoms with Gasteiger partial charge >= 0.3 is 0 Å². The number of aryl methyl sites for hydroxylation is 1. The smallest absolute Gasteiger partial charge is 0.257 e. The Bertz CT molecular complexity index is 1160. The first-order valence-electron chi connectivity index (χ1n) is 11.2. The van der Waals surface area contributed by atoms with Gasteiger partial charge in [0.05, 0.1) is 5.69 Å². The first-order valence-corrected chi connectivity index (χ1v) is 11.2. The molecule has 0 amide bonds. The van der Waals surface area contributed by atoms with Crippen LogP contribution >= 0.6 is 0 Å². The van der Waals surface area contributed by atoms with Crippen molar-refractivity contribution in [3.63, 3.8) is 0 Å². The molecule has 0 atom stereocenters. The first kappa shape index (κ1) is 22.3. The molecule has 33 heavy (non-hydrogen) atoms. The number of rotatable bonds is 9. The number of guanidine groups is 1. The molecule has 0 saturated heterocycles. The zero-order chi connectivity index (χ0) is 22.9. The summed E-state index contributed by atoms with van der Waals surface area (Å²) in [6.45, 7) is 3.52. The van der Waals surface area contributed by atoms with Gasteiger partial charge in [0, 0.05) is 44.5 Å². The molecular formula is C25H29N7O. The number of nitrogens with zero attached hydrogens (tertiary/aromatic N) is 5. The van der Waals surface area contributed by atoms with E-state index in [-0.39, 0.29) is 0 Å². The van der Waals surface area contributed by atoms with Crippen molar-refractivity contribution in [3.8, 4) is 17.1 Å². The Morgan fingerprint density at radius 1 is 1.03 bits per heavy atom. The van der Waals surface area contributed by atoms with Gasteiger partial charge in [-0.15, -0.1) is 0 Å². The maximum absolute atomic E-state index is 5.41. The van der Waals surface area contributed by atoms with E-state index in [2.05, 4.69) is 74.2 Å². The Morgan fingerprint density at radius 2 is 1.91 bits per heavy atom. The highest BCUT2D eigenvalue weighted by molar-refractivity contribution is 5.79. The second kappa shape index (κ2) is 11.1. The van der Waals surface area contributed by atoms with Crippen LogP contribution in [0.3, 0.4) is 0 Å². The Hall–Kier alpha value is -3.94. The van der Waals surface area contributed by atoms with Crippen LogP contribution in [0.25, 0.3) is 17.1 Å². The van der Waals surface area contributed by atoms with E-state index >= 15 is 0 Å². The zero-order valence-corrected chi connectivity index (χ0v) is 19.0. The van der Waals surface area contributed by atoms with Gasteiger partial charge in [-0.2, -0.15) is 10.1 Å². The molecule has 0 saturated carbocycles. The van der Waals surface area contributed by atoms with Gasteiger partial charge in [-0.3, -0.25) is 4.99 Å². The van der Waals surface area contributed by atoms with Crippen LogP contribution in [0.15, 0.2) is 76.5 Å². The molecule has 0 aliphatic heterocycles. The lowest BCUT2D eigenvalue weighted by Gasteiger charge is -2.12. The predicted octanol–water partition coefficient (Wildman–Crippen LogP) is 3.78. The molecule has 170 valence electrons. The molecule has 0 fully saturated rings. The molecule has 0 bridgehead atoms. The van der Waals surface area contributed by atoms with Crippen LogP contribution in [-0.2, 0) is 19.4 Å². The molecule has 8 nitrogen and oxygen atoms in total. The molecule has 0 unspecified atom stereocenters. The van der Waals surface area contributed by atoms with E-state index in [9.17, 15) is 0 Å². The molecule has 0 spiro atoms. The molecule has 4 aromatic rings. The lowest BCUT2D eigenvalue weighted by Crippen LogP contribution is -2.37. The molecule has 2 heterocycles. The summed E-state index contributed by atoms with van der Waals surface area (Å²) in [5.74, 6) is 2.06. The predicted molar refractivity (Wildman–Crippen MR) is 129 cm³/mol. The van der Waals surface area contributed by atoms with Crippen LogP contribution in [0.2, 0.25) is 0 Å². The highest BCUT2D eigenvalue weighted by atomic mass is 16.5. The first-order chi connectivity index (χ1) is 16.2. The van der Waals surface area contributed by atoms with Crippen molar-refractivity contribution in [2.45, 2.75) is 32.7 Å². The number of nitrogens with one attached hydrogen (secondary N) is 2. The van der Waals surface area contributed by atoms with Gasteiger partial charge in [0.15, 0.2) is 11.8 Å². The normalized spacial score (nSPS) is 11.5. The van der Waals surface area contributed by atoms with Crippen molar-refractivity contribution in [2.75, 3.05) is 13.6 Å². The Labute approximate surface area is 193 Å². The summed E-state index contributed by atoms with van der Waals surface area (Å²) in [7, 11) is 1.78. The fourth-order valence-corrected chi connectivity index (χ4v) is 3.48. The highest BCUT2D eigenvalue weighted by Crippen LogP contribution is 2.19. The van der Waals surface area contributed by atoms with E-state index in [4.69, 9.17) is 4.52 Å². The highest BCUT2D eigenvalue weighted by Gasteiger charge is 2.09. The Morgan fingerprint density at radius 3 is 2.67 bits per heavy atom. The lowest BCUT2D eigenvalue weighted by molar-refractivity contribution is 0.422. The van der Waals surface area contributed by atoms with Gasteiger partial charge in [-0.1, -0.05) is 36.3 Å². The van der Waals surface area contributed by atoms with Crippen LogP contribution in [0.4, 0.5) is 0 Å². The molecular weight excluding hydrogens is 414 g/mol. The quantitative estimate of drug-likeness (QED) is 0.302. The minimum atomic E-state index is 0.557. The third-order valence-electron chi connectivity index (χ3n) is 5.21. The number of hydrogen-bond acceptors (Lipinski definition) is 5. The van der Waals surface area contributed by atoms with E-state index in [1.165, 1.54) is 5.56 Å². The number of aromatic nitrogens is 4. The van der Waals surface area contributed by atoms with Crippen LogP contribution in [0.5, 0.6) is 0 Å². The summed E-state index contributed by atoms with van der Waals surface area (Å²) in [5, 5.41) is 15.0. The summed E-state index contributed by atoms with van der Waals surface area (Å²) in [4.78, 5) is 8.80. The van der Waals surface area contributed by atoms with Gasteiger partial charge in [0.1, 0.15) is 0 Å². The van der Waals surface area contributed by atoms with Crippen molar-refractivity contribution in [1.82, 2.24) is 30.6 Å². The van der Waals surface area contributed by atoms with Crippen LogP contribution < -0.4 is 10.6 Å². The monoisotopic (exact) mass is 443 g/mol. The average molecular weight is 444 g/mol. The number of benzene rings is 2. The van der Waals surface area contributed by atoms with Crippen LogP contribution in [0.1, 0.15) is 30.3 Å². The van der Waals surface area contributed by atoms with E-state index in [0.29, 0.717) is 12.4 Å². The van der Waals surface area contributed by atoms with Crippen molar-refractivity contribution >= 4 is 5.96 Å². The molecule has 2 aromatic carbocycles. The van der Waals surface area contributed by atoms with E-state index < -0.39 is 0 Å². The fourth-order valence-electron chi connectivity index (χ4n) is 3.48. The Balaban J connectivity index is 1.26. The van der Waals surface area contributed by atoms with Gasteiger partial charge in [-0.05, 0) is 54.3 Å². The summed E-state index contributed by atoms with van der Waals surface area (Å²) in [5.41, 5.74) is 4.34. The molecule has 8 heteroatoms. The third kappa shape index (κ3) is 6.06. The maximum atomic E-state index is 5.41. The topological polar surface area (TPSA) is 93.2 Å². The zero-order valence-electron chi connectivity index (χ0n) is 19.0. The fraction of sp³-hybridized carbons (Fsp3) is 0.280. The largest absolute Gasteiger partial charge is 0.356 e. The SMILES string of the molecule is CCCc1noc(-c2cccc(CNC(=NC)NCCc3ccc(-n4cccn4)cc3)c2)n1. The van der Waals surface area contributed by atoms with Crippen molar-refractivity contribution in [3.05, 3.63) is 83.9 Å². The number of hydrogen-bond donors (Lipinski definition) is 2. The van der Waals surface area contributed by atoms with Crippen molar-refractivity contribution < 1.29 is 4.52 Å².